The van der Waals surface area contributed by atoms with Crippen molar-refractivity contribution in [3.63, 3.8) is 0 Å². The molecule has 2 aromatic heterocycles. The number of hydrogen-bond acceptors (Lipinski definition) is 3. The number of nitrogens with zero attached hydrogens (tertiary/aromatic N) is 4. The molecule has 78 valence electrons. The monoisotopic (exact) mass is 334 g/mol. The topological polar surface area (TPSA) is 43.6 Å². The second-order valence-electron chi connectivity index (χ2n) is 3.08. The Morgan fingerprint density at radius 1 is 1.40 bits per heavy atom. The Morgan fingerprint density at radius 2 is 2.13 bits per heavy atom. The van der Waals surface area contributed by atoms with E-state index in [1.54, 1.807) is 10.9 Å². The van der Waals surface area contributed by atoms with Crippen molar-refractivity contribution in [2.24, 2.45) is 7.05 Å². The summed E-state index contributed by atoms with van der Waals surface area (Å²) in [6.07, 6.45) is 1.71. The Balaban J connectivity index is 2.60. The summed E-state index contributed by atoms with van der Waals surface area (Å²) in [6, 6.07) is 1.86. The molecule has 0 bridgehead atoms. The van der Waals surface area contributed by atoms with Gasteiger partial charge in [-0.05, 0) is 35.6 Å². The summed E-state index contributed by atoms with van der Waals surface area (Å²) in [4.78, 5) is 8.60. The molecule has 0 atom stereocenters. The van der Waals surface area contributed by atoms with E-state index in [0.717, 1.165) is 15.0 Å². The van der Waals surface area contributed by atoms with Gasteiger partial charge in [-0.1, -0.05) is 11.6 Å². The summed E-state index contributed by atoms with van der Waals surface area (Å²) in [7, 11) is 1.85. The first-order valence-corrected chi connectivity index (χ1v) is 5.73. The van der Waals surface area contributed by atoms with E-state index in [4.69, 9.17) is 11.6 Å². The molecule has 2 aromatic rings. The highest BCUT2D eigenvalue weighted by molar-refractivity contribution is 14.1. The summed E-state index contributed by atoms with van der Waals surface area (Å²) in [5.74, 6) is 0.609. The molecule has 2 rings (SSSR count). The molecule has 0 radical (unpaired) electrons. The lowest BCUT2D eigenvalue weighted by Crippen LogP contribution is -2.01. The summed E-state index contributed by atoms with van der Waals surface area (Å²) in [6.45, 7) is 1.91. The Kier molecular flexibility index (Phi) is 2.92. The van der Waals surface area contributed by atoms with Crippen LogP contribution in [0, 0.1) is 10.5 Å². The minimum absolute atomic E-state index is 0.485. The quantitative estimate of drug-likeness (QED) is 0.594. The third-order valence-corrected chi connectivity index (χ3v) is 3.91. The largest absolute Gasteiger partial charge is 0.265 e. The fourth-order valence-electron chi connectivity index (χ4n) is 1.23. The van der Waals surface area contributed by atoms with Crippen molar-refractivity contribution in [3.8, 4) is 11.5 Å². The molecular weight excluding hydrogens is 326 g/mol. The van der Waals surface area contributed by atoms with Crippen LogP contribution in [-0.4, -0.2) is 19.7 Å². The smallest absolute Gasteiger partial charge is 0.179 e. The SMILES string of the molecule is Cc1nc(-c2ccnn2C)nc(Cl)c1I. The maximum Gasteiger partial charge on any atom is 0.179 e. The summed E-state index contributed by atoms with van der Waals surface area (Å²) >= 11 is 8.13. The van der Waals surface area contributed by atoms with Crippen molar-refractivity contribution in [2.45, 2.75) is 6.92 Å². The van der Waals surface area contributed by atoms with Crippen molar-refractivity contribution >= 4 is 34.2 Å². The molecule has 0 aliphatic carbocycles. The zero-order valence-corrected chi connectivity index (χ0v) is 11.1. The molecule has 0 aliphatic heterocycles. The van der Waals surface area contributed by atoms with Gasteiger partial charge in [0.25, 0.3) is 0 Å². The van der Waals surface area contributed by atoms with Gasteiger partial charge in [-0.25, -0.2) is 9.97 Å². The fourth-order valence-corrected chi connectivity index (χ4v) is 1.69. The second kappa shape index (κ2) is 4.05. The van der Waals surface area contributed by atoms with Crippen LogP contribution in [0.3, 0.4) is 0 Å². The standard InChI is InChI=1S/C9H8ClIN4/c1-5-7(11)8(10)14-9(13-5)6-3-4-12-15(6)2/h3-4H,1-2H3. The average molecular weight is 335 g/mol. The molecule has 0 spiro atoms. The predicted octanol–water partition coefficient (Wildman–Crippen LogP) is 2.44. The molecule has 0 fully saturated rings. The van der Waals surface area contributed by atoms with Crippen molar-refractivity contribution in [1.29, 1.82) is 0 Å². The highest BCUT2D eigenvalue weighted by Crippen LogP contribution is 2.22. The Hall–Kier alpha value is -0.690. The van der Waals surface area contributed by atoms with Gasteiger partial charge in [0.2, 0.25) is 0 Å². The average Bonchev–Trinajstić information content (AvgIpc) is 2.60. The van der Waals surface area contributed by atoms with Gasteiger partial charge in [0.15, 0.2) is 5.82 Å². The number of aromatic nitrogens is 4. The van der Waals surface area contributed by atoms with E-state index in [0.29, 0.717) is 11.0 Å². The van der Waals surface area contributed by atoms with Gasteiger partial charge >= 0.3 is 0 Å². The molecule has 0 aromatic carbocycles. The van der Waals surface area contributed by atoms with E-state index in [-0.39, 0.29) is 0 Å². The van der Waals surface area contributed by atoms with Gasteiger partial charge in [0.05, 0.1) is 9.26 Å². The predicted molar refractivity (Wildman–Crippen MR) is 66.7 cm³/mol. The first kappa shape index (κ1) is 10.8. The van der Waals surface area contributed by atoms with Crippen molar-refractivity contribution in [3.05, 3.63) is 26.7 Å². The van der Waals surface area contributed by atoms with Gasteiger partial charge in [0, 0.05) is 13.2 Å². The van der Waals surface area contributed by atoms with Crippen molar-refractivity contribution in [1.82, 2.24) is 19.7 Å². The van der Waals surface area contributed by atoms with Gasteiger partial charge in [-0.15, -0.1) is 0 Å². The van der Waals surface area contributed by atoms with Gasteiger partial charge in [0.1, 0.15) is 10.8 Å². The maximum absolute atomic E-state index is 6.00. The number of rotatable bonds is 1. The molecular formula is C9H8ClIN4. The van der Waals surface area contributed by atoms with Crippen LogP contribution in [0.5, 0.6) is 0 Å². The molecule has 0 aliphatic rings. The maximum atomic E-state index is 6.00. The third-order valence-electron chi connectivity index (χ3n) is 2.03. The normalized spacial score (nSPS) is 10.7. The Bertz CT molecular complexity index is 486. The molecule has 0 saturated heterocycles. The van der Waals surface area contributed by atoms with Crippen molar-refractivity contribution < 1.29 is 0 Å². The van der Waals surface area contributed by atoms with Crippen LogP contribution >= 0.6 is 34.2 Å². The van der Waals surface area contributed by atoms with E-state index >= 15 is 0 Å². The number of halogens is 2. The third kappa shape index (κ3) is 1.98. The lowest BCUT2D eigenvalue weighted by molar-refractivity contribution is 0.769. The van der Waals surface area contributed by atoms with Crippen LogP contribution in [0.4, 0.5) is 0 Å². The molecule has 0 unspecified atom stereocenters. The van der Waals surface area contributed by atoms with Crippen LogP contribution in [0.1, 0.15) is 5.69 Å². The molecule has 0 N–H and O–H groups in total. The van der Waals surface area contributed by atoms with Crippen LogP contribution in [0.2, 0.25) is 5.15 Å². The zero-order chi connectivity index (χ0) is 11.0. The number of hydrogen-bond donors (Lipinski definition) is 0. The minimum atomic E-state index is 0.485. The highest BCUT2D eigenvalue weighted by Gasteiger charge is 2.11. The lowest BCUT2D eigenvalue weighted by Gasteiger charge is -2.04. The van der Waals surface area contributed by atoms with Crippen LogP contribution in [0.15, 0.2) is 12.3 Å². The molecule has 6 heteroatoms. The fraction of sp³-hybridized carbons (Fsp3) is 0.222. The Labute approximate surface area is 106 Å². The van der Waals surface area contributed by atoms with Crippen LogP contribution in [0.25, 0.3) is 11.5 Å². The molecule has 0 saturated carbocycles. The first-order valence-electron chi connectivity index (χ1n) is 4.27. The summed E-state index contributed by atoms with van der Waals surface area (Å²) < 4.78 is 2.61. The summed E-state index contributed by atoms with van der Waals surface area (Å²) in [5, 5.41) is 4.55. The molecule has 4 nitrogen and oxygen atoms in total. The van der Waals surface area contributed by atoms with Gasteiger partial charge in [-0.3, -0.25) is 4.68 Å². The Morgan fingerprint density at radius 3 is 2.67 bits per heavy atom. The van der Waals surface area contributed by atoms with E-state index in [1.807, 2.05) is 20.0 Å². The molecule has 2 heterocycles. The number of aryl methyl sites for hydroxylation is 2. The molecule has 0 amide bonds. The lowest BCUT2D eigenvalue weighted by atomic mass is 10.3. The van der Waals surface area contributed by atoms with E-state index in [9.17, 15) is 0 Å². The van der Waals surface area contributed by atoms with E-state index in [2.05, 4.69) is 37.7 Å². The first-order chi connectivity index (χ1) is 7.09. The minimum Gasteiger partial charge on any atom is -0.265 e. The highest BCUT2D eigenvalue weighted by atomic mass is 127. The van der Waals surface area contributed by atoms with E-state index in [1.165, 1.54) is 0 Å². The van der Waals surface area contributed by atoms with Crippen molar-refractivity contribution in [2.75, 3.05) is 0 Å². The summed E-state index contributed by atoms with van der Waals surface area (Å²) in [5.41, 5.74) is 1.74. The van der Waals surface area contributed by atoms with Crippen LogP contribution < -0.4 is 0 Å². The zero-order valence-electron chi connectivity index (χ0n) is 8.20. The second-order valence-corrected chi connectivity index (χ2v) is 4.51. The van der Waals surface area contributed by atoms with E-state index < -0.39 is 0 Å². The van der Waals surface area contributed by atoms with Gasteiger partial charge in [-0.2, -0.15) is 5.10 Å². The van der Waals surface area contributed by atoms with Gasteiger partial charge < -0.3 is 0 Å². The molecule has 15 heavy (non-hydrogen) atoms. The van der Waals surface area contributed by atoms with Crippen LogP contribution in [-0.2, 0) is 7.05 Å².